The first-order chi connectivity index (χ1) is 8.55. The fourth-order valence-corrected chi connectivity index (χ4v) is 6.58. The van der Waals surface area contributed by atoms with Gasteiger partial charge in [-0.25, -0.2) is 0 Å². The highest BCUT2D eigenvalue weighted by molar-refractivity contribution is 5.06. The molecule has 1 heteroatoms. The van der Waals surface area contributed by atoms with Crippen molar-refractivity contribution in [3.63, 3.8) is 0 Å². The molecular formula is C17H29N. The van der Waals surface area contributed by atoms with Gasteiger partial charge in [-0.05, 0) is 101 Å². The molecule has 1 nitrogen and oxygen atoms in total. The summed E-state index contributed by atoms with van der Waals surface area (Å²) in [5, 5.41) is 3.72. The minimum absolute atomic E-state index is 0.395. The number of hydrogen-bond donors (Lipinski definition) is 1. The van der Waals surface area contributed by atoms with E-state index >= 15 is 0 Å². The fraction of sp³-hybridized carbons (Fsp3) is 1.00. The SMILES string of the molecule is CC1(C)CC(C23CC4CC(CC(C4)C2)C3)CCN1. The third-order valence-electron chi connectivity index (χ3n) is 6.80. The van der Waals surface area contributed by atoms with Gasteiger partial charge in [-0.1, -0.05) is 0 Å². The highest BCUT2D eigenvalue weighted by atomic mass is 15.0. The second kappa shape index (κ2) is 3.75. The standard InChI is InChI=1S/C17H29N/c1-16(2)11-15(3-4-18-16)17-8-12-5-13(9-17)7-14(6-12)10-17/h12-15,18H,3-11H2,1-2H3. The molecule has 4 aliphatic carbocycles. The molecule has 1 atom stereocenters. The van der Waals surface area contributed by atoms with Gasteiger partial charge in [0.25, 0.3) is 0 Å². The minimum atomic E-state index is 0.395. The topological polar surface area (TPSA) is 12.0 Å². The third kappa shape index (κ3) is 1.77. The van der Waals surface area contributed by atoms with E-state index in [1.165, 1.54) is 19.4 Å². The zero-order valence-electron chi connectivity index (χ0n) is 12.2. The summed E-state index contributed by atoms with van der Waals surface area (Å²) in [5.74, 6) is 4.39. The molecular weight excluding hydrogens is 218 g/mol. The van der Waals surface area contributed by atoms with Crippen LogP contribution >= 0.6 is 0 Å². The van der Waals surface area contributed by atoms with Crippen molar-refractivity contribution < 1.29 is 0 Å². The van der Waals surface area contributed by atoms with Gasteiger partial charge in [-0.3, -0.25) is 0 Å². The first-order valence-corrected chi connectivity index (χ1v) is 8.30. The van der Waals surface area contributed by atoms with Crippen LogP contribution in [0.1, 0.15) is 65.2 Å². The molecule has 0 radical (unpaired) electrons. The summed E-state index contributed by atoms with van der Waals surface area (Å²) < 4.78 is 0. The van der Waals surface area contributed by atoms with Crippen molar-refractivity contribution in [3.05, 3.63) is 0 Å². The Kier molecular flexibility index (Phi) is 2.45. The zero-order chi connectivity index (χ0) is 12.4. The normalized spacial score (nSPS) is 53.7. The second-order valence-corrected chi connectivity index (χ2v) is 8.78. The van der Waals surface area contributed by atoms with Crippen LogP contribution in [0.2, 0.25) is 0 Å². The van der Waals surface area contributed by atoms with Crippen molar-refractivity contribution >= 4 is 0 Å². The van der Waals surface area contributed by atoms with Gasteiger partial charge in [0, 0.05) is 5.54 Å². The van der Waals surface area contributed by atoms with Gasteiger partial charge in [-0.15, -0.1) is 0 Å². The average Bonchev–Trinajstić information content (AvgIpc) is 2.25. The van der Waals surface area contributed by atoms with E-state index in [1.54, 1.807) is 38.5 Å². The lowest BCUT2D eigenvalue weighted by molar-refractivity contribution is -0.100. The van der Waals surface area contributed by atoms with Gasteiger partial charge in [0.1, 0.15) is 0 Å². The quantitative estimate of drug-likeness (QED) is 0.739. The molecule has 5 aliphatic rings. The molecule has 0 amide bonds. The van der Waals surface area contributed by atoms with Gasteiger partial charge in [0.15, 0.2) is 0 Å². The Bertz CT molecular complexity index is 308. The molecule has 5 fully saturated rings. The minimum Gasteiger partial charge on any atom is -0.312 e. The Balaban J connectivity index is 1.59. The van der Waals surface area contributed by atoms with E-state index < -0.39 is 0 Å². The van der Waals surface area contributed by atoms with Crippen molar-refractivity contribution in [2.45, 2.75) is 70.8 Å². The maximum Gasteiger partial charge on any atom is 0.0128 e. The van der Waals surface area contributed by atoms with E-state index in [0.717, 1.165) is 29.1 Å². The summed E-state index contributed by atoms with van der Waals surface area (Å²) in [4.78, 5) is 0. The van der Waals surface area contributed by atoms with Gasteiger partial charge in [0.05, 0.1) is 0 Å². The van der Waals surface area contributed by atoms with Crippen molar-refractivity contribution in [3.8, 4) is 0 Å². The molecule has 1 saturated heterocycles. The Morgan fingerprint density at radius 2 is 1.39 bits per heavy atom. The summed E-state index contributed by atoms with van der Waals surface area (Å²) in [6, 6.07) is 0. The van der Waals surface area contributed by atoms with E-state index in [4.69, 9.17) is 0 Å². The number of piperidine rings is 1. The van der Waals surface area contributed by atoms with Crippen LogP contribution in [0.25, 0.3) is 0 Å². The lowest BCUT2D eigenvalue weighted by Crippen LogP contribution is -2.55. The van der Waals surface area contributed by atoms with Crippen LogP contribution in [0.4, 0.5) is 0 Å². The van der Waals surface area contributed by atoms with E-state index in [9.17, 15) is 0 Å². The van der Waals surface area contributed by atoms with E-state index in [1.807, 2.05) is 0 Å². The monoisotopic (exact) mass is 247 g/mol. The molecule has 18 heavy (non-hydrogen) atoms. The number of nitrogens with one attached hydrogen (secondary N) is 1. The number of hydrogen-bond acceptors (Lipinski definition) is 1. The highest BCUT2D eigenvalue weighted by Crippen LogP contribution is 2.64. The Hall–Kier alpha value is -0.0400. The van der Waals surface area contributed by atoms with Crippen molar-refractivity contribution in [1.82, 2.24) is 5.32 Å². The van der Waals surface area contributed by atoms with Crippen LogP contribution in [0.3, 0.4) is 0 Å². The van der Waals surface area contributed by atoms with E-state index in [0.29, 0.717) is 5.54 Å². The fourth-order valence-electron chi connectivity index (χ4n) is 6.58. The largest absolute Gasteiger partial charge is 0.312 e. The third-order valence-corrected chi connectivity index (χ3v) is 6.80. The molecule has 1 N–H and O–H groups in total. The molecule has 4 bridgehead atoms. The van der Waals surface area contributed by atoms with E-state index in [-0.39, 0.29) is 0 Å². The Labute approximate surface area is 112 Å². The van der Waals surface area contributed by atoms with Gasteiger partial charge >= 0.3 is 0 Å². The predicted octanol–water partition coefficient (Wildman–Crippen LogP) is 3.98. The molecule has 4 saturated carbocycles. The van der Waals surface area contributed by atoms with Crippen LogP contribution in [-0.4, -0.2) is 12.1 Å². The highest BCUT2D eigenvalue weighted by Gasteiger charge is 2.54. The smallest absolute Gasteiger partial charge is 0.0128 e. The van der Waals surface area contributed by atoms with Crippen LogP contribution < -0.4 is 5.32 Å². The summed E-state index contributed by atoms with van der Waals surface area (Å²) in [6.07, 6.45) is 12.4. The molecule has 0 aromatic heterocycles. The second-order valence-electron chi connectivity index (χ2n) is 8.78. The molecule has 102 valence electrons. The molecule has 1 aliphatic heterocycles. The van der Waals surface area contributed by atoms with Crippen LogP contribution in [0.5, 0.6) is 0 Å². The lowest BCUT2D eigenvalue weighted by atomic mass is 9.45. The molecule has 5 rings (SSSR count). The predicted molar refractivity (Wildman–Crippen MR) is 75.4 cm³/mol. The zero-order valence-corrected chi connectivity index (χ0v) is 12.2. The summed E-state index contributed by atoms with van der Waals surface area (Å²) in [6.45, 7) is 6.10. The molecule has 0 spiro atoms. The summed E-state index contributed by atoms with van der Waals surface area (Å²) in [7, 11) is 0. The van der Waals surface area contributed by atoms with Gasteiger partial charge < -0.3 is 5.32 Å². The molecule has 1 heterocycles. The van der Waals surface area contributed by atoms with Crippen LogP contribution in [-0.2, 0) is 0 Å². The van der Waals surface area contributed by atoms with Crippen molar-refractivity contribution in [2.75, 3.05) is 6.54 Å². The average molecular weight is 247 g/mol. The van der Waals surface area contributed by atoms with Crippen molar-refractivity contribution in [1.29, 1.82) is 0 Å². The van der Waals surface area contributed by atoms with Crippen LogP contribution in [0, 0.1) is 29.1 Å². The Morgan fingerprint density at radius 1 is 0.833 bits per heavy atom. The van der Waals surface area contributed by atoms with E-state index in [2.05, 4.69) is 19.2 Å². The van der Waals surface area contributed by atoms with Crippen molar-refractivity contribution in [2.24, 2.45) is 29.1 Å². The lowest BCUT2D eigenvalue weighted by Gasteiger charge is -2.61. The summed E-state index contributed by atoms with van der Waals surface area (Å²) >= 11 is 0. The molecule has 1 unspecified atom stereocenters. The molecule has 0 aromatic carbocycles. The first-order valence-electron chi connectivity index (χ1n) is 8.30. The van der Waals surface area contributed by atoms with Crippen LogP contribution in [0.15, 0.2) is 0 Å². The maximum absolute atomic E-state index is 3.72. The van der Waals surface area contributed by atoms with Gasteiger partial charge in [0.2, 0.25) is 0 Å². The summed E-state index contributed by atoms with van der Waals surface area (Å²) in [5.41, 5.74) is 1.18. The molecule has 0 aromatic rings. The maximum atomic E-state index is 3.72. The van der Waals surface area contributed by atoms with Gasteiger partial charge in [-0.2, -0.15) is 0 Å². The first kappa shape index (κ1) is 11.8. The number of rotatable bonds is 1. The Morgan fingerprint density at radius 3 is 1.89 bits per heavy atom.